The Hall–Kier alpha value is -0.120. The van der Waals surface area contributed by atoms with E-state index in [2.05, 4.69) is 0 Å². The van der Waals surface area contributed by atoms with Crippen LogP contribution in [0.15, 0.2) is 0 Å². The molecule has 1 atom stereocenters. The summed E-state index contributed by atoms with van der Waals surface area (Å²) in [6, 6.07) is 0. The molecule has 0 amide bonds. The van der Waals surface area contributed by atoms with Crippen molar-refractivity contribution in [1.29, 1.82) is 0 Å². The number of rotatable bonds is 5. The molecule has 0 saturated carbocycles. The van der Waals surface area contributed by atoms with Crippen molar-refractivity contribution in [3.8, 4) is 0 Å². The van der Waals surface area contributed by atoms with E-state index in [0.29, 0.717) is 12.3 Å². The van der Waals surface area contributed by atoms with E-state index in [1.54, 1.807) is 6.92 Å². The molecule has 3 heteroatoms. The highest BCUT2D eigenvalue weighted by atomic mass is 16.3. The van der Waals surface area contributed by atoms with Crippen molar-refractivity contribution >= 4 is 0 Å². The molecular formula is C9H20O3. The highest BCUT2D eigenvalue weighted by Crippen LogP contribution is 2.24. The Labute approximate surface area is 74.0 Å². The Morgan fingerprint density at radius 2 is 1.58 bits per heavy atom. The maximum Gasteiger partial charge on any atom is 0.0640 e. The second kappa shape index (κ2) is 4.80. The number of aliphatic hydroxyl groups excluding tert-OH is 3. The van der Waals surface area contributed by atoms with Crippen molar-refractivity contribution in [3.05, 3.63) is 0 Å². The lowest BCUT2D eigenvalue weighted by molar-refractivity contribution is -0.0490. The first-order valence-corrected chi connectivity index (χ1v) is 4.36. The van der Waals surface area contributed by atoms with Crippen LogP contribution in [0.25, 0.3) is 0 Å². The predicted octanol–water partition coefficient (Wildman–Crippen LogP) is 0.384. The van der Waals surface area contributed by atoms with Crippen molar-refractivity contribution in [2.24, 2.45) is 11.3 Å². The lowest BCUT2D eigenvalue weighted by Gasteiger charge is -2.31. The molecule has 1 unspecified atom stereocenters. The molecular weight excluding hydrogens is 156 g/mol. The van der Waals surface area contributed by atoms with Gasteiger partial charge in [0.1, 0.15) is 0 Å². The van der Waals surface area contributed by atoms with Gasteiger partial charge in [-0.25, -0.2) is 0 Å². The Bertz CT molecular complexity index is 119. The summed E-state index contributed by atoms with van der Waals surface area (Å²) in [5.41, 5.74) is -0.760. The van der Waals surface area contributed by atoms with Crippen LogP contribution >= 0.6 is 0 Å². The lowest BCUT2D eigenvalue weighted by atomic mass is 9.82. The first-order chi connectivity index (χ1) is 5.46. The van der Waals surface area contributed by atoms with E-state index in [9.17, 15) is 5.11 Å². The average Bonchev–Trinajstić information content (AvgIpc) is 2.02. The zero-order valence-corrected chi connectivity index (χ0v) is 8.12. The van der Waals surface area contributed by atoms with Crippen molar-refractivity contribution in [3.63, 3.8) is 0 Å². The minimum Gasteiger partial charge on any atom is -0.396 e. The van der Waals surface area contributed by atoms with Gasteiger partial charge in [-0.2, -0.15) is 0 Å². The van der Waals surface area contributed by atoms with E-state index in [0.717, 1.165) is 0 Å². The summed E-state index contributed by atoms with van der Waals surface area (Å²) in [5.74, 6) is 0.373. The maximum absolute atomic E-state index is 9.62. The van der Waals surface area contributed by atoms with Gasteiger partial charge in [-0.05, 0) is 12.3 Å². The third-order valence-electron chi connectivity index (χ3n) is 2.22. The molecule has 0 aliphatic rings. The van der Waals surface area contributed by atoms with E-state index in [1.807, 2.05) is 13.8 Å². The van der Waals surface area contributed by atoms with Gasteiger partial charge in [0.2, 0.25) is 0 Å². The fourth-order valence-corrected chi connectivity index (χ4v) is 0.992. The molecule has 74 valence electrons. The van der Waals surface area contributed by atoms with E-state index in [-0.39, 0.29) is 13.2 Å². The van der Waals surface area contributed by atoms with Crippen LogP contribution in [-0.4, -0.2) is 34.6 Å². The molecule has 3 N–H and O–H groups in total. The fourth-order valence-electron chi connectivity index (χ4n) is 0.992. The van der Waals surface area contributed by atoms with Crippen molar-refractivity contribution < 1.29 is 15.3 Å². The molecule has 0 saturated heterocycles. The quantitative estimate of drug-likeness (QED) is 0.567. The van der Waals surface area contributed by atoms with E-state index < -0.39 is 11.5 Å². The van der Waals surface area contributed by atoms with Crippen LogP contribution in [0.5, 0.6) is 0 Å². The fraction of sp³-hybridized carbons (Fsp3) is 1.00. The summed E-state index contributed by atoms with van der Waals surface area (Å²) in [6.45, 7) is 5.31. The number of hydrogen-bond acceptors (Lipinski definition) is 3. The second-order valence-corrected chi connectivity index (χ2v) is 4.12. The van der Waals surface area contributed by atoms with Gasteiger partial charge in [-0.15, -0.1) is 0 Å². The van der Waals surface area contributed by atoms with Crippen LogP contribution in [0.4, 0.5) is 0 Å². The molecule has 0 aromatic carbocycles. The summed E-state index contributed by atoms with van der Waals surface area (Å²) in [7, 11) is 0. The van der Waals surface area contributed by atoms with Crippen LogP contribution in [0, 0.1) is 11.3 Å². The van der Waals surface area contributed by atoms with Crippen LogP contribution in [0.3, 0.4) is 0 Å². The zero-order valence-electron chi connectivity index (χ0n) is 8.12. The minimum absolute atomic E-state index is 0.183. The van der Waals surface area contributed by atoms with Gasteiger partial charge in [-0.3, -0.25) is 0 Å². The molecule has 0 aliphatic carbocycles. The Kier molecular flexibility index (Phi) is 4.75. The van der Waals surface area contributed by atoms with Gasteiger partial charge in [-0.1, -0.05) is 20.8 Å². The Balaban J connectivity index is 4.11. The molecule has 3 nitrogen and oxygen atoms in total. The highest BCUT2D eigenvalue weighted by molar-refractivity contribution is 4.81. The van der Waals surface area contributed by atoms with Crippen LogP contribution < -0.4 is 0 Å². The van der Waals surface area contributed by atoms with Crippen LogP contribution in [0.1, 0.15) is 27.2 Å². The largest absolute Gasteiger partial charge is 0.396 e. The summed E-state index contributed by atoms with van der Waals surface area (Å²) < 4.78 is 0. The molecule has 0 aromatic rings. The molecule has 0 bridgehead atoms. The molecule has 0 rings (SSSR count). The number of aliphatic hydroxyl groups is 3. The van der Waals surface area contributed by atoms with Gasteiger partial charge in [0, 0.05) is 5.41 Å². The summed E-state index contributed by atoms with van der Waals surface area (Å²) >= 11 is 0. The second-order valence-electron chi connectivity index (χ2n) is 4.12. The van der Waals surface area contributed by atoms with E-state index in [1.165, 1.54) is 0 Å². The molecule has 0 aromatic heterocycles. The van der Waals surface area contributed by atoms with Crippen molar-refractivity contribution in [1.82, 2.24) is 0 Å². The molecule has 0 heterocycles. The standard InChI is InChI=1S/C9H20O3/c1-7(2)4-8(12)9(3,5-10)6-11/h7-8,10-12H,4-6H2,1-3H3. The molecule has 0 radical (unpaired) electrons. The molecule has 12 heavy (non-hydrogen) atoms. The third kappa shape index (κ3) is 3.09. The van der Waals surface area contributed by atoms with Crippen LogP contribution in [0.2, 0.25) is 0 Å². The topological polar surface area (TPSA) is 60.7 Å². The van der Waals surface area contributed by atoms with Gasteiger partial charge >= 0.3 is 0 Å². The van der Waals surface area contributed by atoms with E-state index >= 15 is 0 Å². The molecule has 0 spiro atoms. The average molecular weight is 176 g/mol. The number of hydrogen-bond donors (Lipinski definition) is 3. The lowest BCUT2D eigenvalue weighted by Crippen LogP contribution is -2.39. The van der Waals surface area contributed by atoms with Crippen LogP contribution in [-0.2, 0) is 0 Å². The normalized spacial score (nSPS) is 15.2. The smallest absolute Gasteiger partial charge is 0.0640 e. The van der Waals surface area contributed by atoms with Gasteiger partial charge in [0.05, 0.1) is 19.3 Å². The Morgan fingerprint density at radius 1 is 1.17 bits per heavy atom. The summed E-state index contributed by atoms with van der Waals surface area (Å²) in [6.07, 6.45) is -0.0232. The van der Waals surface area contributed by atoms with Crippen molar-refractivity contribution in [2.75, 3.05) is 13.2 Å². The Morgan fingerprint density at radius 3 is 1.83 bits per heavy atom. The minimum atomic E-state index is -0.760. The summed E-state index contributed by atoms with van der Waals surface area (Å²) in [5, 5.41) is 27.5. The highest BCUT2D eigenvalue weighted by Gasteiger charge is 2.31. The first kappa shape index (κ1) is 11.9. The van der Waals surface area contributed by atoms with Gasteiger partial charge in [0.15, 0.2) is 0 Å². The maximum atomic E-state index is 9.62. The first-order valence-electron chi connectivity index (χ1n) is 4.36. The predicted molar refractivity (Wildman–Crippen MR) is 47.7 cm³/mol. The summed E-state index contributed by atoms with van der Waals surface area (Å²) in [4.78, 5) is 0. The van der Waals surface area contributed by atoms with Crippen molar-refractivity contribution in [2.45, 2.75) is 33.3 Å². The SMILES string of the molecule is CC(C)CC(O)C(C)(CO)CO. The molecule has 0 fully saturated rings. The van der Waals surface area contributed by atoms with Gasteiger partial charge < -0.3 is 15.3 Å². The molecule has 0 aliphatic heterocycles. The van der Waals surface area contributed by atoms with Gasteiger partial charge in [0.25, 0.3) is 0 Å². The third-order valence-corrected chi connectivity index (χ3v) is 2.22. The monoisotopic (exact) mass is 176 g/mol. The van der Waals surface area contributed by atoms with E-state index in [4.69, 9.17) is 10.2 Å². The zero-order chi connectivity index (χ0) is 9.78.